The molecule has 0 heterocycles. The van der Waals surface area contributed by atoms with Crippen molar-refractivity contribution in [3.8, 4) is 0 Å². The second-order valence-corrected chi connectivity index (χ2v) is 9.79. The second-order valence-electron chi connectivity index (χ2n) is 9.41. The third kappa shape index (κ3) is 18.7. The first-order valence-electron chi connectivity index (χ1n) is 13.0. The fourth-order valence-electron chi connectivity index (χ4n) is 3.96. The molecule has 0 fully saturated rings. The largest absolute Gasteiger partial charge is 0.379 e. The molecule has 1 aromatic carbocycles. The number of hydrogen-bond donors (Lipinski definition) is 0. The Balaban J connectivity index is 1.91. The van der Waals surface area contributed by atoms with Crippen LogP contribution in [0.2, 0.25) is 0 Å². The number of halogens is 1. The lowest BCUT2D eigenvalue weighted by Crippen LogP contribution is -2.22. The van der Waals surface area contributed by atoms with Gasteiger partial charge in [-0.15, -0.1) is 11.6 Å². The van der Waals surface area contributed by atoms with Crippen molar-refractivity contribution in [1.82, 2.24) is 0 Å². The van der Waals surface area contributed by atoms with Crippen LogP contribution < -0.4 is 0 Å². The van der Waals surface area contributed by atoms with Crippen LogP contribution in [0.1, 0.15) is 109 Å². The minimum Gasteiger partial charge on any atom is -0.379 e. The smallest absolute Gasteiger partial charge is 0.0815 e. The maximum Gasteiger partial charge on any atom is 0.0815 e. The Morgan fingerprint density at radius 1 is 0.710 bits per heavy atom. The van der Waals surface area contributed by atoms with Gasteiger partial charge in [-0.05, 0) is 30.7 Å². The summed E-state index contributed by atoms with van der Waals surface area (Å²) in [5.41, 5.74) is 1.23. The number of ether oxygens (including phenoxy) is 2. The molecular formula is C28H49ClO2. The van der Waals surface area contributed by atoms with E-state index in [-0.39, 0.29) is 6.10 Å². The molecule has 1 rings (SSSR count). The maximum absolute atomic E-state index is 6.13. The van der Waals surface area contributed by atoms with E-state index in [2.05, 4.69) is 38.1 Å². The number of hydrogen-bond acceptors (Lipinski definition) is 2. The van der Waals surface area contributed by atoms with Gasteiger partial charge in [-0.25, -0.2) is 0 Å². The molecule has 0 aromatic heterocycles. The van der Waals surface area contributed by atoms with Crippen molar-refractivity contribution >= 4 is 11.6 Å². The van der Waals surface area contributed by atoms with Gasteiger partial charge in [-0.1, -0.05) is 115 Å². The number of rotatable bonds is 22. The highest BCUT2D eigenvalue weighted by Gasteiger charge is 2.12. The van der Waals surface area contributed by atoms with Gasteiger partial charge in [0, 0.05) is 12.5 Å². The van der Waals surface area contributed by atoms with Crippen molar-refractivity contribution < 1.29 is 9.47 Å². The zero-order chi connectivity index (χ0) is 22.4. The summed E-state index contributed by atoms with van der Waals surface area (Å²) in [6.07, 6.45) is 18.8. The SMILES string of the molecule is CC(C)CC(COCCCCCCCCCCCCCCCCl)OCc1ccccc1. The predicted molar refractivity (Wildman–Crippen MR) is 136 cm³/mol. The summed E-state index contributed by atoms with van der Waals surface area (Å²) in [6, 6.07) is 10.4. The summed E-state index contributed by atoms with van der Waals surface area (Å²) in [5.74, 6) is 1.45. The minimum atomic E-state index is 0.195. The molecule has 31 heavy (non-hydrogen) atoms. The molecule has 0 bridgehead atoms. The van der Waals surface area contributed by atoms with E-state index in [0.717, 1.165) is 25.5 Å². The van der Waals surface area contributed by atoms with E-state index in [4.69, 9.17) is 21.1 Å². The van der Waals surface area contributed by atoms with Gasteiger partial charge in [-0.2, -0.15) is 0 Å². The third-order valence-corrected chi connectivity index (χ3v) is 6.06. The fourth-order valence-corrected chi connectivity index (χ4v) is 4.15. The molecule has 3 heteroatoms. The summed E-state index contributed by atoms with van der Waals surface area (Å²) in [6.45, 7) is 6.77. The molecule has 2 nitrogen and oxygen atoms in total. The molecule has 1 atom stereocenters. The molecule has 0 N–H and O–H groups in total. The molecule has 180 valence electrons. The van der Waals surface area contributed by atoms with Gasteiger partial charge >= 0.3 is 0 Å². The van der Waals surface area contributed by atoms with Crippen molar-refractivity contribution in [2.24, 2.45) is 5.92 Å². The topological polar surface area (TPSA) is 18.5 Å². The van der Waals surface area contributed by atoms with Gasteiger partial charge in [0.1, 0.15) is 0 Å². The summed E-state index contributed by atoms with van der Waals surface area (Å²) < 4.78 is 12.1. The van der Waals surface area contributed by atoms with Crippen molar-refractivity contribution in [2.75, 3.05) is 19.1 Å². The van der Waals surface area contributed by atoms with Crippen molar-refractivity contribution in [2.45, 2.75) is 116 Å². The van der Waals surface area contributed by atoms with Crippen LogP contribution in [0.3, 0.4) is 0 Å². The average Bonchev–Trinajstić information content (AvgIpc) is 2.77. The summed E-state index contributed by atoms with van der Waals surface area (Å²) >= 11 is 5.71. The van der Waals surface area contributed by atoms with Crippen molar-refractivity contribution in [3.05, 3.63) is 35.9 Å². The van der Waals surface area contributed by atoms with E-state index >= 15 is 0 Å². The molecule has 0 aliphatic heterocycles. The highest BCUT2D eigenvalue weighted by molar-refractivity contribution is 6.17. The van der Waals surface area contributed by atoms with Gasteiger partial charge in [0.05, 0.1) is 19.3 Å². The maximum atomic E-state index is 6.13. The molecule has 0 saturated heterocycles. The third-order valence-electron chi connectivity index (χ3n) is 5.79. The number of benzene rings is 1. The quantitative estimate of drug-likeness (QED) is 0.129. The summed E-state index contributed by atoms with van der Waals surface area (Å²) in [4.78, 5) is 0. The van der Waals surface area contributed by atoms with Crippen LogP contribution in [0.15, 0.2) is 30.3 Å². The molecular weight excluding hydrogens is 404 g/mol. The zero-order valence-electron chi connectivity index (χ0n) is 20.5. The van der Waals surface area contributed by atoms with Crippen LogP contribution in [0.25, 0.3) is 0 Å². The van der Waals surface area contributed by atoms with E-state index in [0.29, 0.717) is 12.5 Å². The Kier molecular flexibility index (Phi) is 19.5. The van der Waals surface area contributed by atoms with E-state index in [1.54, 1.807) is 0 Å². The van der Waals surface area contributed by atoms with Gasteiger partial charge < -0.3 is 9.47 Å². The Morgan fingerprint density at radius 3 is 1.74 bits per heavy atom. The van der Waals surface area contributed by atoms with Crippen LogP contribution in [-0.2, 0) is 16.1 Å². The first-order chi connectivity index (χ1) is 15.2. The minimum absolute atomic E-state index is 0.195. The van der Waals surface area contributed by atoms with Gasteiger partial charge in [-0.3, -0.25) is 0 Å². The Labute approximate surface area is 198 Å². The van der Waals surface area contributed by atoms with Crippen LogP contribution in [0, 0.1) is 5.92 Å². The van der Waals surface area contributed by atoms with E-state index in [1.165, 1.54) is 89.0 Å². The molecule has 0 saturated carbocycles. The van der Waals surface area contributed by atoms with Crippen LogP contribution >= 0.6 is 11.6 Å². The molecule has 0 aliphatic carbocycles. The first-order valence-corrected chi connectivity index (χ1v) is 13.5. The highest BCUT2D eigenvalue weighted by atomic mass is 35.5. The Morgan fingerprint density at radius 2 is 1.23 bits per heavy atom. The lowest BCUT2D eigenvalue weighted by atomic mass is 10.0. The molecule has 1 aromatic rings. The van der Waals surface area contributed by atoms with Gasteiger partial charge in [0.15, 0.2) is 0 Å². The monoisotopic (exact) mass is 452 g/mol. The number of alkyl halides is 1. The van der Waals surface area contributed by atoms with Crippen LogP contribution in [-0.4, -0.2) is 25.2 Å². The lowest BCUT2D eigenvalue weighted by Gasteiger charge is -2.20. The first kappa shape index (κ1) is 28.5. The van der Waals surface area contributed by atoms with Crippen LogP contribution in [0.4, 0.5) is 0 Å². The molecule has 0 radical (unpaired) electrons. The van der Waals surface area contributed by atoms with Gasteiger partial charge in [0.25, 0.3) is 0 Å². The lowest BCUT2D eigenvalue weighted by molar-refractivity contribution is -0.0346. The van der Waals surface area contributed by atoms with Gasteiger partial charge in [0.2, 0.25) is 0 Å². The average molecular weight is 453 g/mol. The van der Waals surface area contributed by atoms with E-state index < -0.39 is 0 Å². The molecule has 1 unspecified atom stereocenters. The normalized spacial score (nSPS) is 12.5. The van der Waals surface area contributed by atoms with Crippen LogP contribution in [0.5, 0.6) is 0 Å². The fraction of sp³-hybridized carbons (Fsp3) is 0.786. The van der Waals surface area contributed by atoms with Crippen molar-refractivity contribution in [3.63, 3.8) is 0 Å². The number of unbranched alkanes of at least 4 members (excludes halogenated alkanes) is 12. The van der Waals surface area contributed by atoms with E-state index in [1.807, 2.05) is 6.07 Å². The van der Waals surface area contributed by atoms with Crippen molar-refractivity contribution in [1.29, 1.82) is 0 Å². The van der Waals surface area contributed by atoms with E-state index in [9.17, 15) is 0 Å². The summed E-state index contributed by atoms with van der Waals surface area (Å²) in [7, 11) is 0. The Bertz CT molecular complexity index is 477. The molecule has 0 spiro atoms. The molecule has 0 aliphatic rings. The molecule has 0 amide bonds. The predicted octanol–water partition coefficient (Wildman–Crippen LogP) is 8.94. The Hall–Kier alpha value is -0.570. The zero-order valence-corrected chi connectivity index (χ0v) is 21.2. The summed E-state index contributed by atoms with van der Waals surface area (Å²) in [5, 5.41) is 0. The standard InChI is InChI=1S/C28H49ClO2/c1-26(2)23-28(31-24-27-19-15-14-16-20-27)25-30-22-18-13-11-9-7-5-3-4-6-8-10-12-17-21-29/h14-16,19-20,26,28H,3-13,17-18,21-25H2,1-2H3. The second kappa shape index (κ2) is 21.3. The highest BCUT2D eigenvalue weighted by Crippen LogP contribution is 2.14.